The number of hydrogen-bond acceptors (Lipinski definition) is 2. The minimum atomic E-state index is -1.15. The summed E-state index contributed by atoms with van der Waals surface area (Å²) in [5, 5.41) is 11.9. The Labute approximate surface area is 134 Å². The molecule has 2 aromatic carbocycles. The number of aryl methyl sites for hydroxylation is 1. The number of halogens is 2. The van der Waals surface area contributed by atoms with Gasteiger partial charge in [0.1, 0.15) is 0 Å². The van der Waals surface area contributed by atoms with Gasteiger partial charge in [-0.1, -0.05) is 33.6 Å². The van der Waals surface area contributed by atoms with Crippen molar-refractivity contribution in [2.75, 3.05) is 5.32 Å². The Balaban J connectivity index is 2.36. The number of carboxylic acids is 1. The van der Waals surface area contributed by atoms with Crippen molar-refractivity contribution in [3.63, 3.8) is 0 Å². The Morgan fingerprint density at radius 2 is 1.95 bits per heavy atom. The zero-order valence-corrected chi connectivity index (χ0v) is 13.3. The molecule has 0 saturated carbocycles. The van der Waals surface area contributed by atoms with E-state index in [2.05, 4.69) is 21.2 Å². The predicted molar refractivity (Wildman–Crippen MR) is 85.2 cm³/mol. The van der Waals surface area contributed by atoms with Crippen molar-refractivity contribution in [2.45, 2.75) is 6.92 Å². The number of nitrogens with one attached hydrogen (secondary N) is 1. The van der Waals surface area contributed by atoms with Gasteiger partial charge in [0, 0.05) is 10.0 Å². The SMILES string of the molecule is Cc1cc(C(=O)Nc2c(Cl)cccc2C(=O)O)ccc1Br. The number of benzene rings is 2. The molecular weight excluding hydrogens is 358 g/mol. The van der Waals surface area contributed by atoms with Crippen molar-refractivity contribution in [2.24, 2.45) is 0 Å². The molecule has 0 aliphatic rings. The molecule has 4 nitrogen and oxygen atoms in total. The second-order valence-corrected chi connectivity index (χ2v) is 5.65. The number of anilines is 1. The molecule has 0 saturated heterocycles. The van der Waals surface area contributed by atoms with Gasteiger partial charge in [0.15, 0.2) is 0 Å². The maximum Gasteiger partial charge on any atom is 0.337 e. The summed E-state index contributed by atoms with van der Waals surface area (Å²) in [6.45, 7) is 1.86. The van der Waals surface area contributed by atoms with Crippen molar-refractivity contribution in [1.82, 2.24) is 0 Å². The van der Waals surface area contributed by atoms with Gasteiger partial charge in [-0.15, -0.1) is 0 Å². The van der Waals surface area contributed by atoms with E-state index in [0.29, 0.717) is 5.56 Å². The van der Waals surface area contributed by atoms with Crippen LogP contribution in [-0.2, 0) is 0 Å². The van der Waals surface area contributed by atoms with Crippen LogP contribution in [0.1, 0.15) is 26.3 Å². The van der Waals surface area contributed by atoms with Crippen LogP contribution in [0.3, 0.4) is 0 Å². The number of carboxylic acid groups (broad SMARTS) is 1. The normalized spacial score (nSPS) is 10.2. The lowest BCUT2D eigenvalue weighted by molar-refractivity contribution is 0.0698. The topological polar surface area (TPSA) is 66.4 Å². The summed E-state index contributed by atoms with van der Waals surface area (Å²) in [6.07, 6.45) is 0. The molecule has 1 amide bonds. The number of hydrogen-bond donors (Lipinski definition) is 2. The minimum absolute atomic E-state index is 0.0512. The third-order valence-corrected chi connectivity index (χ3v) is 4.11. The summed E-state index contributed by atoms with van der Waals surface area (Å²) < 4.78 is 0.892. The standard InChI is InChI=1S/C15H11BrClNO3/c1-8-7-9(5-6-11(8)16)14(19)18-13-10(15(20)21)3-2-4-12(13)17/h2-7H,1H3,(H,18,19)(H,20,21). The molecule has 0 heterocycles. The van der Waals surface area contributed by atoms with E-state index in [0.717, 1.165) is 10.0 Å². The van der Waals surface area contributed by atoms with Crippen LogP contribution in [0.25, 0.3) is 0 Å². The molecule has 21 heavy (non-hydrogen) atoms. The van der Waals surface area contributed by atoms with Crippen molar-refractivity contribution in [3.05, 3.63) is 62.6 Å². The highest BCUT2D eigenvalue weighted by Gasteiger charge is 2.16. The first-order chi connectivity index (χ1) is 9.90. The minimum Gasteiger partial charge on any atom is -0.478 e. The third-order valence-electron chi connectivity index (χ3n) is 2.90. The Morgan fingerprint density at radius 1 is 1.24 bits per heavy atom. The molecule has 0 bridgehead atoms. The van der Waals surface area contributed by atoms with Crippen LogP contribution in [-0.4, -0.2) is 17.0 Å². The van der Waals surface area contributed by atoms with E-state index in [1.807, 2.05) is 6.92 Å². The largest absolute Gasteiger partial charge is 0.478 e. The molecule has 0 fully saturated rings. The van der Waals surface area contributed by atoms with Crippen molar-refractivity contribution < 1.29 is 14.7 Å². The molecule has 6 heteroatoms. The maximum atomic E-state index is 12.2. The second-order valence-electron chi connectivity index (χ2n) is 4.39. The molecule has 2 aromatic rings. The average Bonchev–Trinajstić information content (AvgIpc) is 2.43. The highest BCUT2D eigenvalue weighted by molar-refractivity contribution is 9.10. The van der Waals surface area contributed by atoms with Gasteiger partial charge in [-0.05, 0) is 42.8 Å². The Hall–Kier alpha value is -1.85. The van der Waals surface area contributed by atoms with Crippen LogP contribution in [0, 0.1) is 6.92 Å². The summed E-state index contributed by atoms with van der Waals surface area (Å²) >= 11 is 9.33. The van der Waals surface area contributed by atoms with Gasteiger partial charge in [-0.25, -0.2) is 4.79 Å². The molecule has 0 atom stereocenters. The van der Waals surface area contributed by atoms with Crippen molar-refractivity contribution >= 4 is 45.1 Å². The Morgan fingerprint density at radius 3 is 2.57 bits per heavy atom. The van der Waals surface area contributed by atoms with Crippen molar-refractivity contribution in [1.29, 1.82) is 0 Å². The van der Waals surface area contributed by atoms with E-state index in [4.69, 9.17) is 16.7 Å². The number of rotatable bonds is 3. The first-order valence-corrected chi connectivity index (χ1v) is 7.16. The van der Waals surface area contributed by atoms with Gasteiger partial charge < -0.3 is 10.4 Å². The number of carbonyl (C=O) groups is 2. The summed E-state index contributed by atoms with van der Waals surface area (Å²) in [5.41, 5.74) is 1.37. The number of carbonyl (C=O) groups excluding carboxylic acids is 1. The molecule has 0 aliphatic carbocycles. The number of para-hydroxylation sites is 1. The fourth-order valence-electron chi connectivity index (χ4n) is 1.80. The fourth-order valence-corrected chi connectivity index (χ4v) is 2.27. The molecule has 2 rings (SSSR count). The lowest BCUT2D eigenvalue weighted by Crippen LogP contribution is -2.15. The smallest absolute Gasteiger partial charge is 0.337 e. The quantitative estimate of drug-likeness (QED) is 0.846. The molecule has 0 aromatic heterocycles. The zero-order valence-electron chi connectivity index (χ0n) is 11.0. The Bertz CT molecular complexity index is 731. The third kappa shape index (κ3) is 3.43. The average molecular weight is 369 g/mol. The second kappa shape index (κ2) is 6.28. The summed E-state index contributed by atoms with van der Waals surface area (Å²) in [6, 6.07) is 9.54. The number of aromatic carboxylic acids is 1. The van der Waals surface area contributed by atoms with Gasteiger partial charge in [0.2, 0.25) is 0 Å². The van der Waals surface area contributed by atoms with Gasteiger partial charge in [0.05, 0.1) is 16.3 Å². The zero-order chi connectivity index (χ0) is 15.6. The molecule has 2 N–H and O–H groups in total. The fraction of sp³-hybridized carbons (Fsp3) is 0.0667. The van der Waals surface area contributed by atoms with Crippen LogP contribution in [0.4, 0.5) is 5.69 Å². The summed E-state index contributed by atoms with van der Waals surface area (Å²) in [7, 11) is 0. The van der Waals surface area contributed by atoms with E-state index >= 15 is 0 Å². The van der Waals surface area contributed by atoms with E-state index in [1.54, 1.807) is 18.2 Å². The maximum absolute atomic E-state index is 12.2. The highest BCUT2D eigenvalue weighted by Crippen LogP contribution is 2.27. The van der Waals surface area contributed by atoms with Gasteiger partial charge >= 0.3 is 5.97 Å². The first-order valence-electron chi connectivity index (χ1n) is 5.99. The monoisotopic (exact) mass is 367 g/mol. The molecule has 0 aliphatic heterocycles. The first kappa shape index (κ1) is 15.5. The molecule has 108 valence electrons. The molecule has 0 radical (unpaired) electrons. The van der Waals surface area contributed by atoms with Crippen molar-refractivity contribution in [3.8, 4) is 0 Å². The summed E-state index contributed by atoms with van der Waals surface area (Å²) in [5.74, 6) is -1.57. The van der Waals surface area contributed by atoms with Crippen LogP contribution < -0.4 is 5.32 Å². The molecular formula is C15H11BrClNO3. The lowest BCUT2D eigenvalue weighted by Gasteiger charge is -2.11. The van der Waals surface area contributed by atoms with Gasteiger partial charge in [-0.3, -0.25) is 4.79 Å². The summed E-state index contributed by atoms with van der Waals surface area (Å²) in [4.78, 5) is 23.4. The van der Waals surface area contributed by atoms with Crippen LogP contribution in [0.5, 0.6) is 0 Å². The Kier molecular flexibility index (Phi) is 4.65. The van der Waals surface area contributed by atoms with Crippen LogP contribution in [0.15, 0.2) is 40.9 Å². The van der Waals surface area contributed by atoms with E-state index < -0.39 is 11.9 Å². The van der Waals surface area contributed by atoms with Gasteiger partial charge in [-0.2, -0.15) is 0 Å². The number of amides is 1. The van der Waals surface area contributed by atoms with Crippen LogP contribution >= 0.6 is 27.5 Å². The van der Waals surface area contributed by atoms with E-state index in [9.17, 15) is 9.59 Å². The molecule has 0 unspecified atom stereocenters. The van der Waals surface area contributed by atoms with E-state index in [1.165, 1.54) is 18.2 Å². The predicted octanol–water partition coefficient (Wildman–Crippen LogP) is 4.36. The van der Waals surface area contributed by atoms with Crippen LogP contribution in [0.2, 0.25) is 5.02 Å². The lowest BCUT2D eigenvalue weighted by atomic mass is 10.1. The molecule has 0 spiro atoms. The van der Waals surface area contributed by atoms with Gasteiger partial charge in [0.25, 0.3) is 5.91 Å². The van der Waals surface area contributed by atoms with E-state index in [-0.39, 0.29) is 16.3 Å². The highest BCUT2D eigenvalue weighted by atomic mass is 79.9.